The number of ether oxygens (including phenoxy) is 2. The first kappa shape index (κ1) is 25.9. The maximum absolute atomic E-state index is 11.5. The predicted molar refractivity (Wildman–Crippen MR) is 142 cm³/mol. The number of nitrogens with zero attached hydrogens (tertiary/aromatic N) is 3. The van der Waals surface area contributed by atoms with Gasteiger partial charge in [-0.3, -0.25) is 9.78 Å². The summed E-state index contributed by atoms with van der Waals surface area (Å²) in [5.41, 5.74) is 3.39. The van der Waals surface area contributed by atoms with Crippen LogP contribution >= 0.6 is 50.7 Å². The first-order valence-electron chi connectivity index (χ1n) is 10.4. The van der Waals surface area contributed by atoms with Crippen molar-refractivity contribution in [1.82, 2.24) is 9.97 Å². The molecule has 0 aliphatic heterocycles. The lowest BCUT2D eigenvalue weighted by Gasteiger charge is -2.14. The second kappa shape index (κ2) is 11.7. The number of hydrogen-bond acceptors (Lipinski definition) is 6. The van der Waals surface area contributed by atoms with Crippen LogP contribution in [0.2, 0.25) is 15.1 Å². The molecule has 10 heteroatoms. The van der Waals surface area contributed by atoms with Crippen LogP contribution < -0.4 is 9.47 Å². The van der Waals surface area contributed by atoms with Gasteiger partial charge in [-0.05, 0) is 34.1 Å². The summed E-state index contributed by atoms with van der Waals surface area (Å²) in [6.45, 7) is 0.0950. The Hall–Kier alpha value is -3.15. The standard InChI is InChI=1S/C26H15BrCl3N3O3/c27-21-6-2-5-20(24(21)30)19-4-1-3-17(23(19)29)14-36-26-22(28)8-18(12-34)25(33-26)35-13-16-7-15(9-31)10-32-11-16/h1-8,10-12H,13-14H2. The molecule has 0 unspecified atom stereocenters. The van der Waals surface area contributed by atoms with Crippen LogP contribution in [0.15, 0.2) is 65.4 Å². The number of aromatic nitrogens is 2. The molecule has 4 rings (SSSR count). The number of carbonyl (C=O) groups is 1. The van der Waals surface area contributed by atoms with Gasteiger partial charge in [0, 0.05) is 39.1 Å². The maximum Gasteiger partial charge on any atom is 0.236 e. The van der Waals surface area contributed by atoms with Gasteiger partial charge in [0.25, 0.3) is 0 Å². The molecule has 6 nitrogen and oxygen atoms in total. The Kier molecular flexibility index (Phi) is 8.44. The van der Waals surface area contributed by atoms with E-state index in [4.69, 9.17) is 49.5 Å². The summed E-state index contributed by atoms with van der Waals surface area (Å²) in [6.07, 6.45) is 3.59. The predicted octanol–water partition coefficient (Wildman–Crippen LogP) is 7.71. The van der Waals surface area contributed by atoms with E-state index in [1.54, 1.807) is 12.3 Å². The number of pyridine rings is 2. The number of hydrogen-bond donors (Lipinski definition) is 0. The van der Waals surface area contributed by atoms with E-state index >= 15 is 0 Å². The fourth-order valence-electron chi connectivity index (χ4n) is 3.31. The minimum absolute atomic E-state index is 0.0347. The van der Waals surface area contributed by atoms with Crippen LogP contribution in [0.5, 0.6) is 11.8 Å². The average Bonchev–Trinajstić information content (AvgIpc) is 2.89. The lowest BCUT2D eigenvalue weighted by Crippen LogP contribution is -2.05. The average molecular weight is 604 g/mol. The maximum atomic E-state index is 11.5. The minimum atomic E-state index is 0.0347. The number of halogens is 4. The minimum Gasteiger partial charge on any atom is -0.472 e. The van der Waals surface area contributed by atoms with Crippen molar-refractivity contribution in [3.8, 4) is 29.0 Å². The van der Waals surface area contributed by atoms with Gasteiger partial charge >= 0.3 is 0 Å². The summed E-state index contributed by atoms with van der Waals surface area (Å²) >= 11 is 22.9. The van der Waals surface area contributed by atoms with Crippen LogP contribution in [-0.2, 0) is 13.2 Å². The van der Waals surface area contributed by atoms with E-state index in [9.17, 15) is 4.79 Å². The quantitative estimate of drug-likeness (QED) is 0.192. The molecule has 180 valence electrons. The third-order valence-electron chi connectivity index (χ3n) is 5.05. The number of rotatable bonds is 8. The number of nitriles is 1. The largest absolute Gasteiger partial charge is 0.472 e. The fourth-order valence-corrected chi connectivity index (χ4v) is 4.40. The SMILES string of the molecule is N#Cc1cncc(COc2nc(OCc3cccc(-c4cccc(Br)c4Cl)c3Cl)c(Cl)cc2C=O)c1. The zero-order valence-corrected chi connectivity index (χ0v) is 22.2. The van der Waals surface area contributed by atoms with Crippen LogP contribution in [0, 0.1) is 11.3 Å². The van der Waals surface area contributed by atoms with Crippen molar-refractivity contribution in [1.29, 1.82) is 5.26 Å². The summed E-state index contributed by atoms with van der Waals surface area (Å²) in [5.74, 6) is 0.107. The topological polar surface area (TPSA) is 85.1 Å². The molecule has 0 saturated heterocycles. The van der Waals surface area contributed by atoms with E-state index < -0.39 is 0 Å². The molecular weight excluding hydrogens is 589 g/mol. The molecule has 0 radical (unpaired) electrons. The normalized spacial score (nSPS) is 10.5. The number of benzene rings is 2. The van der Waals surface area contributed by atoms with Crippen LogP contribution in [0.3, 0.4) is 0 Å². The van der Waals surface area contributed by atoms with Crippen LogP contribution in [0.4, 0.5) is 0 Å². The highest BCUT2D eigenvalue weighted by Gasteiger charge is 2.16. The van der Waals surface area contributed by atoms with E-state index in [2.05, 4.69) is 25.9 Å². The van der Waals surface area contributed by atoms with Crippen LogP contribution in [0.1, 0.15) is 27.0 Å². The van der Waals surface area contributed by atoms with Crippen LogP contribution in [0.25, 0.3) is 11.1 Å². The fraction of sp³-hybridized carbons (Fsp3) is 0.0769. The molecule has 36 heavy (non-hydrogen) atoms. The Morgan fingerprint density at radius 3 is 2.42 bits per heavy atom. The highest BCUT2D eigenvalue weighted by Crippen LogP contribution is 2.39. The smallest absolute Gasteiger partial charge is 0.236 e. The zero-order valence-electron chi connectivity index (χ0n) is 18.3. The number of carbonyl (C=O) groups excluding carboxylic acids is 1. The lowest BCUT2D eigenvalue weighted by molar-refractivity contribution is 0.111. The van der Waals surface area contributed by atoms with Gasteiger partial charge in [-0.1, -0.05) is 65.1 Å². The van der Waals surface area contributed by atoms with Crippen molar-refractivity contribution in [3.63, 3.8) is 0 Å². The van der Waals surface area contributed by atoms with Gasteiger partial charge in [-0.2, -0.15) is 10.2 Å². The Bertz CT molecular complexity index is 1490. The molecule has 0 N–H and O–H groups in total. The van der Waals surface area contributed by atoms with Gasteiger partial charge < -0.3 is 9.47 Å². The molecule has 0 bridgehead atoms. The molecule has 0 aliphatic carbocycles. The van der Waals surface area contributed by atoms with E-state index in [-0.39, 0.29) is 35.6 Å². The van der Waals surface area contributed by atoms with Gasteiger partial charge in [-0.25, -0.2) is 0 Å². The Labute approximate surface area is 230 Å². The lowest BCUT2D eigenvalue weighted by atomic mass is 10.0. The highest BCUT2D eigenvalue weighted by atomic mass is 79.9. The summed E-state index contributed by atoms with van der Waals surface area (Å²) in [5, 5.41) is 10.2. The Morgan fingerprint density at radius 2 is 1.67 bits per heavy atom. The van der Waals surface area contributed by atoms with Crippen molar-refractivity contribution >= 4 is 57.0 Å². The van der Waals surface area contributed by atoms with Crippen molar-refractivity contribution < 1.29 is 14.3 Å². The van der Waals surface area contributed by atoms with E-state index in [1.165, 1.54) is 12.3 Å². The third kappa shape index (κ3) is 5.80. The molecule has 0 amide bonds. The van der Waals surface area contributed by atoms with Gasteiger partial charge in [0.15, 0.2) is 6.29 Å². The zero-order chi connectivity index (χ0) is 25.7. The van der Waals surface area contributed by atoms with E-state index in [0.717, 1.165) is 15.6 Å². The molecule has 2 aromatic carbocycles. The molecule has 0 aliphatic rings. The Balaban J connectivity index is 1.56. The molecule has 0 spiro atoms. The van der Waals surface area contributed by atoms with Crippen molar-refractivity contribution in [2.45, 2.75) is 13.2 Å². The van der Waals surface area contributed by atoms with Gasteiger partial charge in [0.1, 0.15) is 24.3 Å². The summed E-state index contributed by atoms with van der Waals surface area (Å²) in [4.78, 5) is 19.8. The van der Waals surface area contributed by atoms with Gasteiger partial charge in [0.2, 0.25) is 11.8 Å². The first-order chi connectivity index (χ1) is 17.4. The van der Waals surface area contributed by atoms with Gasteiger partial charge in [0.05, 0.1) is 21.2 Å². The molecule has 2 heterocycles. The highest BCUT2D eigenvalue weighted by molar-refractivity contribution is 9.10. The molecule has 0 saturated carbocycles. The second-order valence-corrected chi connectivity index (χ2v) is 9.46. The first-order valence-corrected chi connectivity index (χ1v) is 12.3. The van der Waals surface area contributed by atoms with Crippen molar-refractivity contribution in [3.05, 3.63) is 103 Å². The molecule has 4 aromatic rings. The van der Waals surface area contributed by atoms with E-state index in [0.29, 0.717) is 33.0 Å². The second-order valence-electron chi connectivity index (χ2n) is 7.44. The summed E-state index contributed by atoms with van der Waals surface area (Å²) in [6, 6.07) is 16.2. The number of aldehydes is 1. The molecule has 2 aromatic heterocycles. The van der Waals surface area contributed by atoms with Crippen LogP contribution in [-0.4, -0.2) is 16.3 Å². The van der Waals surface area contributed by atoms with Crippen molar-refractivity contribution in [2.24, 2.45) is 0 Å². The summed E-state index contributed by atoms with van der Waals surface area (Å²) in [7, 11) is 0. The third-order valence-corrected chi connectivity index (χ3v) is 7.06. The molecular formula is C26H15BrCl3N3O3. The van der Waals surface area contributed by atoms with Crippen molar-refractivity contribution in [2.75, 3.05) is 0 Å². The molecule has 0 fully saturated rings. The monoisotopic (exact) mass is 601 g/mol. The van der Waals surface area contributed by atoms with E-state index in [1.807, 2.05) is 42.5 Å². The molecule has 0 atom stereocenters. The van der Waals surface area contributed by atoms with Gasteiger partial charge in [-0.15, -0.1) is 0 Å². The summed E-state index contributed by atoms with van der Waals surface area (Å²) < 4.78 is 12.3. The Morgan fingerprint density at radius 1 is 0.944 bits per heavy atom.